The molecule has 0 unspecified atom stereocenters. The van der Waals surface area contributed by atoms with Crippen LogP contribution in [0, 0.1) is 10.7 Å². The molecule has 0 bridgehead atoms. The van der Waals surface area contributed by atoms with E-state index in [1.54, 1.807) is 5.40 Å². The summed E-state index contributed by atoms with van der Waals surface area (Å²) in [5, 5.41) is 17.1. The number of carboxylic acid groups (broad SMARTS) is 1. The monoisotopic (exact) mass is 131 g/mol. The lowest BCUT2D eigenvalue weighted by atomic mass is 10.5. The molecule has 0 spiro atoms. The highest BCUT2D eigenvalue weighted by Gasteiger charge is 2.09. The van der Waals surface area contributed by atoms with E-state index in [2.05, 4.69) is 0 Å². The molecule has 0 saturated heterocycles. The predicted octanol–water partition coefficient (Wildman–Crippen LogP) is 0.674. The van der Waals surface area contributed by atoms with Crippen LogP contribution in [0.15, 0.2) is 0 Å². The second-order valence-corrected chi connectivity index (χ2v) is 2.31. The normalized spacial score (nSPS) is 12.0. The number of thiocyanates is 1. The highest BCUT2D eigenvalue weighted by atomic mass is 32.2. The first-order valence-electron chi connectivity index (χ1n) is 1.96. The Morgan fingerprint density at radius 2 is 2.50 bits per heavy atom. The summed E-state index contributed by atoms with van der Waals surface area (Å²) in [5.74, 6) is -0.948. The fourth-order valence-corrected chi connectivity index (χ4v) is 0.388. The van der Waals surface area contributed by atoms with E-state index in [1.807, 2.05) is 0 Å². The third-order valence-corrected chi connectivity index (χ3v) is 1.24. The largest absolute Gasteiger partial charge is 0.480 e. The highest BCUT2D eigenvalue weighted by molar-refractivity contribution is 8.04. The first-order chi connectivity index (χ1) is 3.68. The maximum absolute atomic E-state index is 9.92. The summed E-state index contributed by atoms with van der Waals surface area (Å²) in [4.78, 5) is 9.92. The molecular weight excluding hydrogens is 126 g/mol. The Kier molecular flexibility index (Phi) is 3.04. The molecule has 0 amide bonds. The lowest BCUT2D eigenvalue weighted by Crippen LogP contribution is -2.09. The maximum atomic E-state index is 9.92. The van der Waals surface area contributed by atoms with Gasteiger partial charge in [0, 0.05) is 0 Å². The Labute approximate surface area is 51.3 Å². The van der Waals surface area contributed by atoms with Crippen molar-refractivity contribution in [2.45, 2.75) is 12.2 Å². The zero-order chi connectivity index (χ0) is 6.57. The van der Waals surface area contributed by atoms with Gasteiger partial charge in [-0.2, -0.15) is 5.26 Å². The summed E-state index contributed by atoms with van der Waals surface area (Å²) in [6.45, 7) is 1.47. The average Bonchev–Trinajstić information content (AvgIpc) is 1.67. The summed E-state index contributed by atoms with van der Waals surface area (Å²) >= 11 is 0.745. The van der Waals surface area contributed by atoms with Crippen molar-refractivity contribution in [3.63, 3.8) is 0 Å². The minimum absolute atomic E-state index is 0.611. The minimum atomic E-state index is -0.948. The Hall–Kier alpha value is -0.690. The smallest absolute Gasteiger partial charge is 0.317 e. The van der Waals surface area contributed by atoms with Crippen molar-refractivity contribution >= 4 is 17.7 Å². The molecule has 0 rings (SSSR count). The number of nitrogens with zero attached hydrogens (tertiary/aromatic N) is 1. The van der Waals surface area contributed by atoms with Crippen LogP contribution in [-0.4, -0.2) is 16.3 Å². The van der Waals surface area contributed by atoms with Crippen LogP contribution in [0.25, 0.3) is 0 Å². The predicted molar refractivity (Wildman–Crippen MR) is 30.3 cm³/mol. The van der Waals surface area contributed by atoms with E-state index in [-0.39, 0.29) is 0 Å². The molecule has 0 aliphatic heterocycles. The Bertz CT molecular complexity index is 128. The van der Waals surface area contributed by atoms with Gasteiger partial charge in [-0.25, -0.2) is 0 Å². The van der Waals surface area contributed by atoms with Crippen LogP contribution in [0.2, 0.25) is 0 Å². The molecule has 8 heavy (non-hydrogen) atoms. The van der Waals surface area contributed by atoms with Gasteiger partial charge in [0.05, 0.1) is 0 Å². The van der Waals surface area contributed by atoms with Gasteiger partial charge in [-0.05, 0) is 18.7 Å². The van der Waals surface area contributed by atoms with Gasteiger partial charge in [-0.3, -0.25) is 4.79 Å². The summed E-state index contributed by atoms with van der Waals surface area (Å²) in [5.41, 5.74) is 0. The van der Waals surface area contributed by atoms with Gasteiger partial charge >= 0.3 is 5.97 Å². The lowest BCUT2D eigenvalue weighted by molar-refractivity contribution is -0.136. The van der Waals surface area contributed by atoms with Gasteiger partial charge in [-0.1, -0.05) is 0 Å². The van der Waals surface area contributed by atoms with Crippen molar-refractivity contribution in [1.82, 2.24) is 0 Å². The quantitative estimate of drug-likeness (QED) is 0.559. The van der Waals surface area contributed by atoms with Crippen molar-refractivity contribution in [1.29, 1.82) is 5.26 Å². The molecule has 0 aliphatic rings. The van der Waals surface area contributed by atoms with E-state index in [9.17, 15) is 4.79 Å². The molecule has 0 aromatic heterocycles. The number of thioether (sulfide) groups is 1. The van der Waals surface area contributed by atoms with Gasteiger partial charge in [0.25, 0.3) is 0 Å². The molecule has 0 aromatic carbocycles. The average molecular weight is 131 g/mol. The third kappa shape index (κ3) is 2.48. The van der Waals surface area contributed by atoms with Crippen LogP contribution in [0.4, 0.5) is 0 Å². The first-order valence-corrected chi connectivity index (χ1v) is 2.84. The van der Waals surface area contributed by atoms with Crippen molar-refractivity contribution < 1.29 is 9.90 Å². The molecule has 0 heterocycles. The van der Waals surface area contributed by atoms with Crippen LogP contribution < -0.4 is 0 Å². The minimum Gasteiger partial charge on any atom is -0.480 e. The van der Waals surface area contributed by atoms with Crippen molar-refractivity contribution in [3.05, 3.63) is 0 Å². The zero-order valence-electron chi connectivity index (χ0n) is 4.29. The maximum Gasteiger partial charge on any atom is 0.317 e. The molecule has 0 aliphatic carbocycles. The Balaban J connectivity index is 3.52. The van der Waals surface area contributed by atoms with Crippen molar-refractivity contribution in [3.8, 4) is 5.40 Å². The third-order valence-electron chi connectivity index (χ3n) is 0.577. The second kappa shape index (κ2) is 3.33. The van der Waals surface area contributed by atoms with Gasteiger partial charge in [-0.15, -0.1) is 0 Å². The van der Waals surface area contributed by atoms with Crippen LogP contribution in [0.5, 0.6) is 0 Å². The molecule has 0 aromatic rings. The van der Waals surface area contributed by atoms with Gasteiger partial charge in [0.2, 0.25) is 0 Å². The van der Waals surface area contributed by atoms with Crippen molar-refractivity contribution in [2.24, 2.45) is 0 Å². The summed E-state index contributed by atoms with van der Waals surface area (Å²) < 4.78 is 0. The number of rotatable bonds is 2. The van der Waals surface area contributed by atoms with Gasteiger partial charge in [0.1, 0.15) is 10.7 Å². The van der Waals surface area contributed by atoms with E-state index in [0.29, 0.717) is 0 Å². The highest BCUT2D eigenvalue weighted by Crippen LogP contribution is 2.06. The number of hydrogen-bond acceptors (Lipinski definition) is 3. The molecule has 0 radical (unpaired) electrons. The van der Waals surface area contributed by atoms with E-state index in [1.165, 1.54) is 6.92 Å². The number of carboxylic acids is 1. The molecule has 3 nitrogen and oxygen atoms in total. The topological polar surface area (TPSA) is 61.1 Å². The molecule has 44 valence electrons. The fraction of sp³-hybridized carbons (Fsp3) is 0.500. The number of carbonyl (C=O) groups is 1. The lowest BCUT2D eigenvalue weighted by Gasteiger charge is -1.93. The van der Waals surface area contributed by atoms with Gasteiger partial charge < -0.3 is 5.11 Å². The second-order valence-electron chi connectivity index (χ2n) is 1.19. The molecule has 0 fully saturated rings. The molecular formula is C4H5NO2S. The van der Waals surface area contributed by atoms with E-state index in [0.717, 1.165) is 11.8 Å². The van der Waals surface area contributed by atoms with Crippen LogP contribution in [0.1, 0.15) is 6.92 Å². The van der Waals surface area contributed by atoms with Crippen LogP contribution in [0.3, 0.4) is 0 Å². The SMILES string of the molecule is C[C@@H](SC#N)C(=O)O. The first kappa shape index (κ1) is 7.31. The van der Waals surface area contributed by atoms with E-state index in [4.69, 9.17) is 10.4 Å². The molecule has 0 saturated carbocycles. The Morgan fingerprint density at radius 1 is 2.00 bits per heavy atom. The van der Waals surface area contributed by atoms with Crippen molar-refractivity contribution in [2.75, 3.05) is 0 Å². The van der Waals surface area contributed by atoms with Gasteiger partial charge in [0.15, 0.2) is 0 Å². The summed E-state index contributed by atoms with van der Waals surface area (Å²) in [6.07, 6.45) is 0. The molecule has 4 heteroatoms. The zero-order valence-corrected chi connectivity index (χ0v) is 5.10. The number of aliphatic carboxylic acids is 1. The number of hydrogen-bond donors (Lipinski definition) is 1. The summed E-state index contributed by atoms with van der Waals surface area (Å²) in [6, 6.07) is 0. The van der Waals surface area contributed by atoms with Crippen LogP contribution in [-0.2, 0) is 4.79 Å². The molecule has 1 N–H and O–H groups in total. The van der Waals surface area contributed by atoms with E-state index >= 15 is 0 Å². The van der Waals surface area contributed by atoms with Crippen LogP contribution >= 0.6 is 11.8 Å². The van der Waals surface area contributed by atoms with E-state index < -0.39 is 11.2 Å². The Morgan fingerprint density at radius 3 is 2.62 bits per heavy atom. The number of nitriles is 1. The molecule has 1 atom stereocenters. The summed E-state index contributed by atoms with van der Waals surface area (Å²) in [7, 11) is 0. The fourth-order valence-electron chi connectivity index (χ4n) is 0.129. The standard InChI is InChI=1S/C4H5NO2S/c1-3(4(6)7)8-2-5/h3H,1H3,(H,6,7)/t3-/m1/s1.